The highest BCUT2D eigenvalue weighted by atomic mass is 16.6. The molecule has 0 aromatic heterocycles. The van der Waals surface area contributed by atoms with Crippen LogP contribution in [0.25, 0.3) is 5.57 Å². The van der Waals surface area contributed by atoms with E-state index >= 15 is 0 Å². The number of nitrogens with zero attached hydrogens (tertiary/aromatic N) is 1. The molecule has 9 nitrogen and oxygen atoms in total. The second-order valence-corrected chi connectivity index (χ2v) is 8.92. The number of benzene rings is 2. The number of hydrogen-bond acceptors (Lipinski definition) is 8. The van der Waals surface area contributed by atoms with Crippen LogP contribution in [-0.2, 0) is 14.3 Å². The fourth-order valence-corrected chi connectivity index (χ4v) is 4.97. The van der Waals surface area contributed by atoms with E-state index in [4.69, 9.17) is 18.9 Å². The average Bonchev–Trinajstić information content (AvgIpc) is 2.88. The largest absolute Gasteiger partial charge is 0.496 e. The summed E-state index contributed by atoms with van der Waals surface area (Å²) in [6.07, 6.45) is 2.37. The molecule has 4 unspecified atom stereocenters. The Morgan fingerprint density at radius 3 is 2.54 bits per heavy atom. The third-order valence-corrected chi connectivity index (χ3v) is 6.91. The van der Waals surface area contributed by atoms with Crippen LogP contribution >= 0.6 is 0 Å². The number of allylic oxidation sites excluding steroid dienone is 1. The molecule has 2 aliphatic heterocycles. The van der Waals surface area contributed by atoms with Gasteiger partial charge in [-0.3, -0.25) is 14.9 Å². The van der Waals surface area contributed by atoms with Crippen molar-refractivity contribution < 1.29 is 33.5 Å². The predicted octanol–water partition coefficient (Wildman–Crippen LogP) is 4.34. The number of carbonyl (C=O) groups excluding carboxylic acids is 2. The number of carbonyl (C=O) groups is 2. The van der Waals surface area contributed by atoms with Gasteiger partial charge in [0.2, 0.25) is 0 Å². The Labute approximate surface area is 201 Å². The quantitative estimate of drug-likeness (QED) is 0.354. The van der Waals surface area contributed by atoms with Gasteiger partial charge in [-0.05, 0) is 48.6 Å². The summed E-state index contributed by atoms with van der Waals surface area (Å²) in [5.74, 6) is 0.391. The Morgan fingerprint density at radius 2 is 1.83 bits per heavy atom. The molecule has 5 rings (SSSR count). The molecule has 1 aliphatic carbocycles. The molecule has 3 aliphatic rings. The number of ketones is 1. The highest BCUT2D eigenvalue weighted by Crippen LogP contribution is 2.42. The van der Waals surface area contributed by atoms with Crippen LogP contribution in [0.4, 0.5) is 5.69 Å². The zero-order valence-electron chi connectivity index (χ0n) is 19.2. The maximum absolute atomic E-state index is 13.4. The highest BCUT2D eigenvalue weighted by Gasteiger charge is 2.45. The van der Waals surface area contributed by atoms with Crippen molar-refractivity contribution in [1.82, 2.24) is 0 Å². The van der Waals surface area contributed by atoms with Crippen molar-refractivity contribution in [3.63, 3.8) is 0 Å². The van der Waals surface area contributed by atoms with E-state index in [1.165, 1.54) is 30.5 Å². The van der Waals surface area contributed by atoms with E-state index in [0.717, 1.165) is 12.0 Å². The molecule has 0 bridgehead atoms. The maximum Gasteiger partial charge on any atom is 0.338 e. The van der Waals surface area contributed by atoms with Crippen LogP contribution < -0.4 is 9.47 Å². The number of ether oxygens (including phenoxy) is 4. The molecule has 2 heterocycles. The van der Waals surface area contributed by atoms with E-state index in [2.05, 4.69) is 0 Å². The van der Waals surface area contributed by atoms with Crippen molar-refractivity contribution in [2.45, 2.75) is 38.4 Å². The van der Waals surface area contributed by atoms with Gasteiger partial charge >= 0.3 is 5.97 Å². The Bertz CT molecular complexity index is 1190. The normalized spacial score (nSPS) is 25.1. The number of nitro benzene ring substituents is 1. The summed E-state index contributed by atoms with van der Waals surface area (Å²) in [6.45, 7) is 2.96. The molecule has 9 heteroatoms. The van der Waals surface area contributed by atoms with Gasteiger partial charge in [0, 0.05) is 18.6 Å². The van der Waals surface area contributed by atoms with Crippen LogP contribution in [0.1, 0.15) is 42.1 Å². The molecule has 2 aromatic rings. The third kappa shape index (κ3) is 4.45. The molecule has 4 atom stereocenters. The lowest BCUT2D eigenvalue weighted by Gasteiger charge is -2.41. The molecular weight excluding hydrogens is 454 g/mol. The van der Waals surface area contributed by atoms with E-state index in [9.17, 15) is 19.7 Å². The van der Waals surface area contributed by atoms with Crippen molar-refractivity contribution >= 4 is 23.0 Å². The number of fused-ring (bicyclic) bond motifs is 2. The lowest BCUT2D eigenvalue weighted by atomic mass is 9.72. The molecule has 0 amide bonds. The predicted molar refractivity (Wildman–Crippen MR) is 124 cm³/mol. The minimum absolute atomic E-state index is 0.00888. The number of esters is 1. The smallest absolute Gasteiger partial charge is 0.338 e. The van der Waals surface area contributed by atoms with Crippen molar-refractivity contribution in [3.05, 3.63) is 70.0 Å². The standard InChI is InChI=1S/C26H25NO8/c1-2-15-11-19-23(13-22(15)35-26(29)16-3-6-18(7-4-16)27(30)31)34-14-20(25(19)28)17-5-8-21-24(12-17)33-10-9-32-21/h3-8,12,14-15,19,22-23H,2,9-11,13H2,1H3. The first-order valence-electron chi connectivity index (χ1n) is 11.7. The summed E-state index contributed by atoms with van der Waals surface area (Å²) in [5.41, 5.74) is 1.37. The van der Waals surface area contributed by atoms with Crippen molar-refractivity contribution in [3.8, 4) is 11.5 Å². The maximum atomic E-state index is 13.4. The first-order valence-corrected chi connectivity index (χ1v) is 11.7. The number of Topliss-reactive ketones (excluding diaryl/α,β-unsaturated/α-hetero) is 1. The zero-order chi connectivity index (χ0) is 24.5. The van der Waals surface area contributed by atoms with Crippen molar-refractivity contribution in [2.24, 2.45) is 11.8 Å². The fraction of sp³-hybridized carbons (Fsp3) is 0.385. The van der Waals surface area contributed by atoms with Crippen LogP contribution in [-0.4, -0.2) is 42.1 Å². The molecule has 2 aromatic carbocycles. The number of rotatable bonds is 5. The van der Waals surface area contributed by atoms with Crippen LogP contribution in [0.15, 0.2) is 48.7 Å². The lowest BCUT2D eigenvalue weighted by molar-refractivity contribution is -0.384. The van der Waals surface area contributed by atoms with Gasteiger partial charge in [0.25, 0.3) is 5.69 Å². The summed E-state index contributed by atoms with van der Waals surface area (Å²) >= 11 is 0. The van der Waals surface area contributed by atoms with E-state index in [-0.39, 0.29) is 35.0 Å². The van der Waals surface area contributed by atoms with E-state index in [0.29, 0.717) is 43.1 Å². The van der Waals surface area contributed by atoms with Crippen LogP contribution in [0.5, 0.6) is 11.5 Å². The number of hydrogen-bond donors (Lipinski definition) is 0. The van der Waals surface area contributed by atoms with Gasteiger partial charge in [0.05, 0.1) is 28.2 Å². The Balaban J connectivity index is 1.31. The molecule has 1 saturated carbocycles. The molecule has 182 valence electrons. The van der Waals surface area contributed by atoms with Crippen LogP contribution in [0.3, 0.4) is 0 Å². The third-order valence-electron chi connectivity index (χ3n) is 6.91. The Kier molecular flexibility index (Phi) is 6.15. The average molecular weight is 479 g/mol. The van der Waals surface area contributed by atoms with Crippen LogP contribution in [0.2, 0.25) is 0 Å². The minimum atomic E-state index is -0.545. The van der Waals surface area contributed by atoms with Gasteiger partial charge in [0.15, 0.2) is 17.3 Å². The lowest BCUT2D eigenvalue weighted by Crippen LogP contribution is -2.46. The number of non-ortho nitro benzene ring substituents is 1. The topological polar surface area (TPSA) is 114 Å². The van der Waals surface area contributed by atoms with Gasteiger partial charge in [-0.2, -0.15) is 0 Å². The van der Waals surface area contributed by atoms with Crippen molar-refractivity contribution in [1.29, 1.82) is 0 Å². The summed E-state index contributed by atoms with van der Waals surface area (Å²) < 4.78 is 23.0. The summed E-state index contributed by atoms with van der Waals surface area (Å²) in [5, 5.41) is 10.8. The molecule has 0 spiro atoms. The molecule has 0 saturated heterocycles. The zero-order valence-corrected chi connectivity index (χ0v) is 19.2. The monoisotopic (exact) mass is 479 g/mol. The first-order chi connectivity index (χ1) is 16.9. The van der Waals surface area contributed by atoms with Gasteiger partial charge in [0.1, 0.15) is 25.4 Å². The van der Waals surface area contributed by atoms with Gasteiger partial charge in [-0.15, -0.1) is 0 Å². The molecule has 35 heavy (non-hydrogen) atoms. The Morgan fingerprint density at radius 1 is 1.09 bits per heavy atom. The number of nitro groups is 1. The van der Waals surface area contributed by atoms with Crippen molar-refractivity contribution in [2.75, 3.05) is 13.2 Å². The molecular formula is C26H25NO8. The Hall–Kier alpha value is -3.88. The summed E-state index contributed by atoms with van der Waals surface area (Å²) in [4.78, 5) is 36.5. The van der Waals surface area contributed by atoms with E-state index in [1.807, 2.05) is 13.0 Å². The van der Waals surface area contributed by atoms with E-state index in [1.54, 1.807) is 12.1 Å². The minimum Gasteiger partial charge on any atom is -0.496 e. The van der Waals surface area contributed by atoms with Gasteiger partial charge in [-0.25, -0.2) is 4.79 Å². The highest BCUT2D eigenvalue weighted by molar-refractivity contribution is 6.22. The SMILES string of the molecule is CCC1CC2C(=O)C(c3ccc4c(c3)OCCO4)=COC2CC1OC(=O)c1ccc([N+](=O)[O-])cc1. The molecule has 0 radical (unpaired) electrons. The van der Waals surface area contributed by atoms with Gasteiger partial charge in [-0.1, -0.05) is 13.0 Å². The van der Waals surface area contributed by atoms with E-state index < -0.39 is 17.0 Å². The molecule has 0 N–H and O–H groups in total. The summed E-state index contributed by atoms with van der Waals surface area (Å²) in [7, 11) is 0. The van der Waals surface area contributed by atoms with Gasteiger partial charge < -0.3 is 18.9 Å². The second-order valence-electron chi connectivity index (χ2n) is 8.92. The molecule has 1 fully saturated rings. The fourth-order valence-electron chi connectivity index (χ4n) is 4.97. The van der Waals surface area contributed by atoms with Crippen LogP contribution in [0, 0.1) is 22.0 Å². The second kappa shape index (κ2) is 9.40. The first kappa shape index (κ1) is 22.9. The summed E-state index contributed by atoms with van der Waals surface area (Å²) in [6, 6.07) is 10.8.